The van der Waals surface area contributed by atoms with Crippen molar-refractivity contribution in [2.24, 2.45) is 15.7 Å². The smallest absolute Gasteiger partial charge is 0.166 e. The molecule has 0 unspecified atom stereocenters. The van der Waals surface area contributed by atoms with Crippen molar-refractivity contribution >= 4 is 18.0 Å². The fourth-order valence-corrected chi connectivity index (χ4v) is 4.14. The maximum absolute atomic E-state index is 14.1. The van der Waals surface area contributed by atoms with E-state index in [9.17, 15) is 4.39 Å². The average molecular weight is 434 g/mol. The third kappa shape index (κ3) is 3.49. The monoisotopic (exact) mass is 434 g/mol. The first-order chi connectivity index (χ1) is 15.5. The number of ether oxygens (including phenoxy) is 1. The van der Waals surface area contributed by atoms with E-state index in [1.165, 1.54) is 18.6 Å². The molecule has 1 atom stereocenters. The molecule has 3 aromatic rings. The number of pyridine rings is 1. The molecule has 1 aliphatic carbocycles. The van der Waals surface area contributed by atoms with E-state index in [4.69, 9.17) is 20.7 Å². The van der Waals surface area contributed by atoms with Crippen molar-refractivity contribution in [2.75, 3.05) is 5.73 Å². The summed E-state index contributed by atoms with van der Waals surface area (Å²) in [4.78, 5) is 13.2. The maximum Gasteiger partial charge on any atom is 0.166 e. The van der Waals surface area contributed by atoms with Crippen LogP contribution in [0.3, 0.4) is 0 Å². The highest BCUT2D eigenvalue weighted by Gasteiger charge is 2.30. The second-order valence-electron chi connectivity index (χ2n) is 8.01. The number of nitrogen functional groups attached to an aromatic ring is 1. The number of aliphatic imine (C=N–C) groups is 2. The van der Waals surface area contributed by atoms with Gasteiger partial charge in [-0.05, 0) is 44.0 Å². The Balaban J connectivity index is 1.73. The van der Waals surface area contributed by atoms with E-state index >= 15 is 0 Å². The number of hydrogen-bond acceptors (Lipinski definition) is 7. The van der Waals surface area contributed by atoms with Crippen LogP contribution < -0.4 is 16.2 Å². The molecule has 1 aliphatic heterocycles. The molecule has 0 spiro atoms. The third-order valence-electron chi connectivity index (χ3n) is 6.02. The van der Waals surface area contributed by atoms with Crippen LogP contribution in [0.5, 0.6) is 5.75 Å². The van der Waals surface area contributed by atoms with Crippen molar-refractivity contribution in [1.82, 2.24) is 10.1 Å². The van der Waals surface area contributed by atoms with Gasteiger partial charge < -0.3 is 20.7 Å². The Bertz CT molecular complexity index is 1230. The molecule has 0 saturated heterocycles. The standard InChI is InChI=1S/C23H23FN6O2/c1-12-17-8-15(24)5-6-16(17)23(29-11-25)28-10-19-20(21(30-32-19)13-3-2-4-13)14-7-18(31-12)22(26)27-9-14/h5-9,11-13H,2-4,10H2,1H3,(H2,26,27)(H2,25,28,29)/t12-/m1/s1. The highest BCUT2D eigenvalue weighted by Crippen LogP contribution is 2.43. The Labute approximate surface area is 184 Å². The van der Waals surface area contributed by atoms with Crippen LogP contribution in [-0.4, -0.2) is 22.3 Å². The zero-order valence-corrected chi connectivity index (χ0v) is 17.6. The highest BCUT2D eigenvalue weighted by molar-refractivity contribution is 6.04. The van der Waals surface area contributed by atoms with E-state index in [1.807, 2.05) is 13.0 Å². The first kappa shape index (κ1) is 20.2. The van der Waals surface area contributed by atoms with Gasteiger partial charge in [-0.25, -0.2) is 14.4 Å². The lowest BCUT2D eigenvalue weighted by Gasteiger charge is -2.24. The van der Waals surface area contributed by atoms with Crippen LogP contribution in [-0.2, 0) is 6.54 Å². The molecular formula is C23H23FN6O2. The predicted octanol–water partition coefficient (Wildman–Crippen LogP) is 4.11. The van der Waals surface area contributed by atoms with Gasteiger partial charge in [-0.2, -0.15) is 0 Å². The van der Waals surface area contributed by atoms with Crippen LogP contribution in [0.1, 0.15) is 60.8 Å². The van der Waals surface area contributed by atoms with Gasteiger partial charge in [0.25, 0.3) is 0 Å². The number of aromatic nitrogens is 2. The van der Waals surface area contributed by atoms with Crippen molar-refractivity contribution in [1.29, 1.82) is 0 Å². The molecule has 8 nitrogen and oxygen atoms in total. The summed E-state index contributed by atoms with van der Waals surface area (Å²) in [6.07, 6.45) is 5.59. The SMILES string of the molecule is C[C@H]1Oc2cc(cnc2N)-c2c(C3CCC3)noc2CN=C(N=CN)c2ccc(F)cc21. The van der Waals surface area contributed by atoms with Crippen molar-refractivity contribution < 1.29 is 13.7 Å². The van der Waals surface area contributed by atoms with E-state index in [-0.39, 0.29) is 12.4 Å². The summed E-state index contributed by atoms with van der Waals surface area (Å²) >= 11 is 0. The number of anilines is 1. The number of nitrogens with two attached hydrogens (primary N) is 2. The summed E-state index contributed by atoms with van der Waals surface area (Å²) in [6.45, 7) is 2.00. The van der Waals surface area contributed by atoms with Gasteiger partial charge in [0.05, 0.1) is 17.6 Å². The molecule has 1 aromatic carbocycles. The number of halogens is 1. The molecule has 0 amide bonds. The number of nitrogens with zero attached hydrogens (tertiary/aromatic N) is 4. The molecular weight excluding hydrogens is 411 g/mol. The topological polar surface area (TPSA) is 125 Å². The molecule has 1 fully saturated rings. The van der Waals surface area contributed by atoms with Gasteiger partial charge in [-0.1, -0.05) is 11.6 Å². The van der Waals surface area contributed by atoms with Gasteiger partial charge in [0.1, 0.15) is 18.5 Å². The van der Waals surface area contributed by atoms with Crippen LogP contribution >= 0.6 is 0 Å². The Morgan fingerprint density at radius 2 is 2.09 bits per heavy atom. The summed E-state index contributed by atoms with van der Waals surface area (Å²) in [5, 5.41) is 4.37. The van der Waals surface area contributed by atoms with E-state index in [2.05, 4.69) is 20.1 Å². The van der Waals surface area contributed by atoms with Crippen LogP contribution in [0.4, 0.5) is 10.2 Å². The van der Waals surface area contributed by atoms with Gasteiger partial charge in [0, 0.05) is 28.8 Å². The molecule has 5 rings (SSSR count). The quantitative estimate of drug-likeness (QED) is 0.439. The summed E-state index contributed by atoms with van der Waals surface area (Å²) in [7, 11) is 0. The maximum atomic E-state index is 14.1. The highest BCUT2D eigenvalue weighted by atomic mass is 19.1. The zero-order chi connectivity index (χ0) is 22.2. The molecule has 0 radical (unpaired) electrons. The predicted molar refractivity (Wildman–Crippen MR) is 119 cm³/mol. The van der Waals surface area contributed by atoms with Crippen molar-refractivity contribution in [2.45, 2.75) is 44.8 Å². The Hall–Kier alpha value is -3.75. The third-order valence-corrected chi connectivity index (χ3v) is 6.02. The lowest BCUT2D eigenvalue weighted by atomic mass is 9.80. The number of amidine groups is 1. The zero-order valence-electron chi connectivity index (χ0n) is 17.6. The summed E-state index contributed by atoms with van der Waals surface area (Å²) < 4.78 is 26.0. The van der Waals surface area contributed by atoms with E-state index in [0.717, 1.165) is 36.0 Å². The van der Waals surface area contributed by atoms with Gasteiger partial charge in [0.15, 0.2) is 23.2 Å². The molecule has 164 valence electrons. The molecule has 32 heavy (non-hydrogen) atoms. The molecule has 9 heteroatoms. The van der Waals surface area contributed by atoms with Gasteiger partial charge in [-0.3, -0.25) is 4.99 Å². The van der Waals surface area contributed by atoms with Crippen molar-refractivity contribution in [3.8, 4) is 16.9 Å². The fraction of sp³-hybridized carbons (Fsp3) is 0.304. The summed E-state index contributed by atoms with van der Waals surface area (Å²) in [6, 6.07) is 6.20. The van der Waals surface area contributed by atoms with Crippen LogP contribution in [0.2, 0.25) is 0 Å². The van der Waals surface area contributed by atoms with E-state index in [0.29, 0.717) is 34.4 Å². The first-order valence-electron chi connectivity index (χ1n) is 10.5. The Kier molecular flexibility index (Phi) is 5.08. The molecule has 2 aliphatic rings. The lowest BCUT2D eigenvalue weighted by Crippen LogP contribution is -2.14. The molecule has 1 saturated carbocycles. The lowest BCUT2D eigenvalue weighted by molar-refractivity contribution is 0.227. The van der Waals surface area contributed by atoms with Crippen LogP contribution in [0, 0.1) is 5.82 Å². The van der Waals surface area contributed by atoms with E-state index < -0.39 is 11.9 Å². The fourth-order valence-electron chi connectivity index (χ4n) is 4.14. The summed E-state index contributed by atoms with van der Waals surface area (Å²) in [5.74, 6) is 1.52. The number of hydrogen-bond donors (Lipinski definition) is 2. The molecule has 2 aromatic heterocycles. The minimum absolute atomic E-state index is 0.188. The molecule has 3 heterocycles. The largest absolute Gasteiger partial charge is 0.482 e. The van der Waals surface area contributed by atoms with Gasteiger partial charge in [-0.15, -0.1) is 0 Å². The average Bonchev–Trinajstić information content (AvgIpc) is 3.14. The van der Waals surface area contributed by atoms with Gasteiger partial charge in [0.2, 0.25) is 0 Å². The van der Waals surface area contributed by atoms with Crippen molar-refractivity contribution in [3.05, 3.63) is 58.9 Å². The normalized spacial score (nSPS) is 18.6. The van der Waals surface area contributed by atoms with Crippen LogP contribution in [0.25, 0.3) is 11.1 Å². The molecule has 2 bridgehead atoms. The number of benzene rings is 1. The Morgan fingerprint density at radius 3 is 2.84 bits per heavy atom. The minimum atomic E-state index is -0.550. The number of fused-ring (bicyclic) bond motifs is 5. The van der Waals surface area contributed by atoms with E-state index in [1.54, 1.807) is 12.3 Å². The first-order valence-corrected chi connectivity index (χ1v) is 10.5. The van der Waals surface area contributed by atoms with Gasteiger partial charge >= 0.3 is 0 Å². The second kappa shape index (κ2) is 8.07. The number of rotatable bonds is 1. The second-order valence-corrected chi connectivity index (χ2v) is 8.01. The van der Waals surface area contributed by atoms with Crippen LogP contribution in [0.15, 0.2) is 45.0 Å². The Morgan fingerprint density at radius 1 is 1.25 bits per heavy atom. The van der Waals surface area contributed by atoms with Crippen molar-refractivity contribution in [3.63, 3.8) is 0 Å². The summed E-state index contributed by atoms with van der Waals surface area (Å²) in [5.41, 5.74) is 15.4. The molecule has 4 N–H and O–H groups in total. The minimum Gasteiger partial charge on any atom is -0.482 e.